The van der Waals surface area contributed by atoms with E-state index in [2.05, 4.69) is 30.0 Å². The topological polar surface area (TPSA) is 29.5 Å². The van der Waals surface area contributed by atoms with Gasteiger partial charge in [-0.15, -0.1) is 0 Å². The number of rotatable bonds is 6. The van der Waals surface area contributed by atoms with Crippen molar-refractivity contribution in [3.05, 3.63) is 59.7 Å². The van der Waals surface area contributed by atoms with Crippen molar-refractivity contribution in [2.45, 2.75) is 13.8 Å². The van der Waals surface area contributed by atoms with Crippen LogP contribution in [-0.4, -0.2) is 26.0 Å². The smallest absolute Gasteiger partial charge is 0.163 e. The van der Waals surface area contributed by atoms with E-state index in [1.54, 1.807) is 13.0 Å². The van der Waals surface area contributed by atoms with E-state index >= 15 is 0 Å². The van der Waals surface area contributed by atoms with Gasteiger partial charge >= 0.3 is 0 Å². The van der Waals surface area contributed by atoms with Crippen molar-refractivity contribution < 1.29 is 9.53 Å². The fraction of sp³-hybridized carbons (Fsp3) is 0.278. The van der Waals surface area contributed by atoms with E-state index in [1.165, 1.54) is 11.3 Å². The number of benzene rings is 2. The highest BCUT2D eigenvalue weighted by atomic mass is 16.5. The maximum atomic E-state index is 11.5. The molecule has 0 atom stereocenters. The van der Waals surface area contributed by atoms with Crippen molar-refractivity contribution in [2.75, 3.05) is 25.1 Å². The number of ether oxygens (including phenoxy) is 1. The zero-order valence-electron chi connectivity index (χ0n) is 12.8. The van der Waals surface area contributed by atoms with Crippen molar-refractivity contribution in [1.29, 1.82) is 0 Å². The van der Waals surface area contributed by atoms with Gasteiger partial charge in [-0.2, -0.15) is 0 Å². The molecule has 0 fully saturated rings. The lowest BCUT2D eigenvalue weighted by molar-refractivity contribution is 0.101. The highest BCUT2D eigenvalue weighted by molar-refractivity contribution is 5.96. The zero-order valence-corrected chi connectivity index (χ0v) is 12.8. The molecule has 0 radical (unpaired) electrons. The highest BCUT2D eigenvalue weighted by Crippen LogP contribution is 2.19. The van der Waals surface area contributed by atoms with Gasteiger partial charge in [0, 0.05) is 12.7 Å². The molecule has 21 heavy (non-hydrogen) atoms. The SMILES string of the molecule is CC(=O)c1ccccc1OCCN(C)c1cccc(C)c1. The number of hydrogen-bond donors (Lipinski definition) is 0. The van der Waals surface area contributed by atoms with Crippen LogP contribution in [-0.2, 0) is 0 Å². The Kier molecular flexibility index (Phi) is 4.99. The molecule has 0 saturated carbocycles. The second kappa shape index (κ2) is 6.93. The first kappa shape index (κ1) is 15.1. The van der Waals surface area contributed by atoms with Gasteiger partial charge in [-0.1, -0.05) is 24.3 Å². The third-order valence-corrected chi connectivity index (χ3v) is 3.39. The summed E-state index contributed by atoms with van der Waals surface area (Å²) in [5, 5.41) is 0. The Morgan fingerprint density at radius 3 is 2.62 bits per heavy atom. The van der Waals surface area contributed by atoms with Gasteiger partial charge in [-0.3, -0.25) is 4.79 Å². The molecular formula is C18H21NO2. The fourth-order valence-electron chi connectivity index (χ4n) is 2.17. The predicted octanol–water partition coefficient (Wildman–Crippen LogP) is 3.71. The minimum atomic E-state index is 0.0256. The Morgan fingerprint density at radius 2 is 1.90 bits per heavy atom. The first-order valence-electron chi connectivity index (χ1n) is 7.08. The molecule has 2 aromatic carbocycles. The van der Waals surface area contributed by atoms with Crippen LogP contribution in [0.15, 0.2) is 48.5 Å². The number of aryl methyl sites for hydroxylation is 1. The molecule has 0 amide bonds. The molecule has 0 bridgehead atoms. The second-order valence-electron chi connectivity index (χ2n) is 5.16. The van der Waals surface area contributed by atoms with Gasteiger partial charge in [-0.25, -0.2) is 0 Å². The van der Waals surface area contributed by atoms with E-state index in [-0.39, 0.29) is 5.78 Å². The fourth-order valence-corrected chi connectivity index (χ4v) is 2.17. The number of carbonyl (C=O) groups is 1. The third-order valence-electron chi connectivity index (χ3n) is 3.39. The monoisotopic (exact) mass is 283 g/mol. The molecule has 0 aliphatic carbocycles. The van der Waals surface area contributed by atoms with Crippen molar-refractivity contribution in [3.8, 4) is 5.75 Å². The average molecular weight is 283 g/mol. The minimum absolute atomic E-state index is 0.0256. The Labute approximate surface area is 126 Å². The number of carbonyl (C=O) groups excluding carboxylic acids is 1. The van der Waals surface area contributed by atoms with Crippen LogP contribution in [0.1, 0.15) is 22.8 Å². The Balaban J connectivity index is 1.94. The van der Waals surface area contributed by atoms with E-state index in [9.17, 15) is 4.79 Å². The van der Waals surface area contributed by atoms with Crippen LogP contribution in [0.25, 0.3) is 0 Å². The lowest BCUT2D eigenvalue weighted by Gasteiger charge is -2.20. The van der Waals surface area contributed by atoms with E-state index in [1.807, 2.05) is 31.3 Å². The van der Waals surface area contributed by atoms with Crippen molar-refractivity contribution >= 4 is 11.5 Å². The summed E-state index contributed by atoms with van der Waals surface area (Å²) in [7, 11) is 2.04. The number of anilines is 1. The summed E-state index contributed by atoms with van der Waals surface area (Å²) in [6.45, 7) is 4.93. The third kappa shape index (κ3) is 4.09. The van der Waals surface area contributed by atoms with E-state index in [4.69, 9.17) is 4.74 Å². The van der Waals surface area contributed by atoms with E-state index in [0.717, 1.165) is 6.54 Å². The van der Waals surface area contributed by atoms with Gasteiger partial charge < -0.3 is 9.64 Å². The summed E-state index contributed by atoms with van der Waals surface area (Å²) < 4.78 is 5.76. The molecular weight excluding hydrogens is 262 g/mol. The van der Waals surface area contributed by atoms with Gasteiger partial charge in [0.2, 0.25) is 0 Å². The van der Waals surface area contributed by atoms with E-state index in [0.29, 0.717) is 17.9 Å². The summed E-state index contributed by atoms with van der Waals surface area (Å²) >= 11 is 0. The summed E-state index contributed by atoms with van der Waals surface area (Å²) in [5.41, 5.74) is 3.04. The van der Waals surface area contributed by atoms with Crippen LogP contribution in [0.3, 0.4) is 0 Å². The summed E-state index contributed by atoms with van der Waals surface area (Å²) in [6, 6.07) is 15.7. The van der Waals surface area contributed by atoms with Crippen LogP contribution < -0.4 is 9.64 Å². The average Bonchev–Trinajstić information content (AvgIpc) is 2.47. The molecule has 0 aliphatic rings. The van der Waals surface area contributed by atoms with Gasteiger partial charge in [0.15, 0.2) is 5.78 Å². The van der Waals surface area contributed by atoms with Gasteiger partial charge in [0.05, 0.1) is 12.1 Å². The van der Waals surface area contributed by atoms with Crippen LogP contribution in [0.2, 0.25) is 0 Å². The Morgan fingerprint density at radius 1 is 1.14 bits per heavy atom. The predicted molar refractivity (Wildman–Crippen MR) is 86.4 cm³/mol. The Bertz CT molecular complexity index is 622. The number of Topliss-reactive ketones (excluding diaryl/α,β-unsaturated/α-hetero) is 1. The largest absolute Gasteiger partial charge is 0.491 e. The molecule has 0 heterocycles. The molecule has 0 aromatic heterocycles. The normalized spacial score (nSPS) is 10.2. The number of ketones is 1. The molecule has 0 unspecified atom stereocenters. The second-order valence-corrected chi connectivity index (χ2v) is 5.16. The Hall–Kier alpha value is -2.29. The molecule has 0 saturated heterocycles. The van der Waals surface area contributed by atoms with Gasteiger partial charge in [0.25, 0.3) is 0 Å². The molecule has 3 nitrogen and oxygen atoms in total. The summed E-state index contributed by atoms with van der Waals surface area (Å²) in [6.07, 6.45) is 0. The van der Waals surface area contributed by atoms with Crippen molar-refractivity contribution in [2.24, 2.45) is 0 Å². The number of likely N-dealkylation sites (N-methyl/N-ethyl adjacent to an activating group) is 1. The molecule has 2 aromatic rings. The van der Waals surface area contributed by atoms with Crippen LogP contribution in [0.5, 0.6) is 5.75 Å². The molecule has 2 rings (SSSR count). The summed E-state index contributed by atoms with van der Waals surface area (Å²) in [4.78, 5) is 13.7. The maximum absolute atomic E-state index is 11.5. The molecule has 0 aliphatic heterocycles. The standard InChI is InChI=1S/C18H21NO2/c1-14-7-6-8-16(13-14)19(3)11-12-21-18-10-5-4-9-17(18)15(2)20/h4-10,13H,11-12H2,1-3H3. The molecule has 110 valence electrons. The quantitative estimate of drug-likeness (QED) is 0.757. The summed E-state index contributed by atoms with van der Waals surface area (Å²) in [5.74, 6) is 0.681. The maximum Gasteiger partial charge on any atom is 0.163 e. The first-order chi connectivity index (χ1) is 10.1. The lowest BCUT2D eigenvalue weighted by Crippen LogP contribution is -2.24. The zero-order chi connectivity index (χ0) is 15.2. The molecule has 3 heteroatoms. The molecule has 0 N–H and O–H groups in total. The van der Waals surface area contributed by atoms with Crippen LogP contribution in [0, 0.1) is 6.92 Å². The van der Waals surface area contributed by atoms with Crippen LogP contribution >= 0.6 is 0 Å². The number of para-hydroxylation sites is 1. The van der Waals surface area contributed by atoms with Crippen LogP contribution in [0.4, 0.5) is 5.69 Å². The highest BCUT2D eigenvalue weighted by Gasteiger charge is 2.08. The van der Waals surface area contributed by atoms with Gasteiger partial charge in [0.1, 0.15) is 12.4 Å². The van der Waals surface area contributed by atoms with E-state index < -0.39 is 0 Å². The minimum Gasteiger partial charge on any atom is -0.491 e. The van der Waals surface area contributed by atoms with Gasteiger partial charge in [-0.05, 0) is 43.7 Å². The molecule has 0 spiro atoms. The van der Waals surface area contributed by atoms with Crippen molar-refractivity contribution in [1.82, 2.24) is 0 Å². The lowest BCUT2D eigenvalue weighted by atomic mass is 10.1. The first-order valence-corrected chi connectivity index (χ1v) is 7.08. The van der Waals surface area contributed by atoms with Crippen molar-refractivity contribution in [3.63, 3.8) is 0 Å². The number of hydrogen-bond acceptors (Lipinski definition) is 3. The number of nitrogens with zero attached hydrogens (tertiary/aromatic N) is 1.